The molecule has 17 unspecified atom stereocenters. The Morgan fingerprint density at radius 3 is 1.02 bits per heavy atom. The number of ether oxygens (including phenoxy) is 6. The molecule has 0 aromatic heterocycles. The molecule has 3 rings (SSSR count). The maximum absolute atomic E-state index is 13.5. The molecule has 0 bridgehead atoms. The van der Waals surface area contributed by atoms with Gasteiger partial charge < -0.3 is 89.9 Å². The molecule has 1 amide bonds. The molecule has 3 fully saturated rings. The number of carbonyl (C=O) groups is 1. The number of nitrogens with one attached hydrogen (secondary N) is 1. The average molecular weight is 1490 g/mol. The minimum absolute atomic E-state index is 0.236. The van der Waals surface area contributed by atoms with Crippen LogP contribution in [0.2, 0.25) is 0 Å². The number of hydrogen-bond donors (Lipinski definition) is 12. The molecule has 3 heterocycles. The fourth-order valence-electron chi connectivity index (χ4n) is 14.4. The SMILES string of the molecule is CCCCCCC/C=C\C/C=C\C/C=C\CCCCCCCCCCCCCCCCCCCCC(=O)NC(COC1OC(CO)C(OC2OC(CO)C(OC3OC(CO)C(O)C(O)C3O)C(O)C2O)C(O)C1O)C(O)/C=C/CC/C=C/CCCCCCCCCCCCCCCCCCCCCCC. The first kappa shape index (κ1) is 96.7. The van der Waals surface area contributed by atoms with E-state index < -0.39 is 124 Å². The number of aliphatic hydroxyl groups is 11. The lowest BCUT2D eigenvalue weighted by Gasteiger charge is -2.48. The molecule has 614 valence electrons. The number of hydrogen-bond acceptors (Lipinski definition) is 18. The van der Waals surface area contributed by atoms with Gasteiger partial charge in [0.2, 0.25) is 5.91 Å². The van der Waals surface area contributed by atoms with E-state index in [1.165, 1.54) is 263 Å². The summed E-state index contributed by atoms with van der Waals surface area (Å²) in [7, 11) is 0. The summed E-state index contributed by atoms with van der Waals surface area (Å²) < 4.78 is 34.5. The number of allylic oxidation sites excluding steroid dienone is 9. The number of aliphatic hydroxyl groups excluding tert-OH is 11. The molecule has 0 radical (unpaired) electrons. The number of carbonyl (C=O) groups excluding carboxylic acids is 1. The van der Waals surface area contributed by atoms with Crippen LogP contribution in [-0.4, -0.2) is 193 Å². The number of rotatable bonds is 69. The van der Waals surface area contributed by atoms with Crippen LogP contribution < -0.4 is 5.32 Å². The van der Waals surface area contributed by atoms with Crippen LogP contribution in [0.1, 0.15) is 348 Å². The second kappa shape index (κ2) is 66.1. The third-order valence-corrected chi connectivity index (χ3v) is 21.3. The van der Waals surface area contributed by atoms with Gasteiger partial charge in [0.05, 0.1) is 38.6 Å². The van der Waals surface area contributed by atoms with Crippen LogP contribution in [0, 0.1) is 0 Å². The van der Waals surface area contributed by atoms with Crippen molar-refractivity contribution in [2.24, 2.45) is 0 Å². The van der Waals surface area contributed by atoms with Crippen molar-refractivity contribution in [2.75, 3.05) is 26.4 Å². The van der Waals surface area contributed by atoms with E-state index in [0.29, 0.717) is 12.8 Å². The van der Waals surface area contributed by atoms with Gasteiger partial charge in [-0.15, -0.1) is 0 Å². The first-order valence-electron chi connectivity index (χ1n) is 43.0. The van der Waals surface area contributed by atoms with Crippen LogP contribution in [0.15, 0.2) is 60.8 Å². The van der Waals surface area contributed by atoms with Gasteiger partial charge in [0, 0.05) is 6.42 Å². The monoisotopic (exact) mass is 1490 g/mol. The fourth-order valence-corrected chi connectivity index (χ4v) is 14.4. The van der Waals surface area contributed by atoms with E-state index in [1.807, 2.05) is 6.08 Å². The summed E-state index contributed by atoms with van der Waals surface area (Å²) in [6.45, 7) is 1.76. The minimum Gasteiger partial charge on any atom is -0.394 e. The molecule has 19 heteroatoms. The van der Waals surface area contributed by atoms with Gasteiger partial charge in [0.25, 0.3) is 0 Å². The zero-order chi connectivity index (χ0) is 76.0. The summed E-state index contributed by atoms with van der Waals surface area (Å²) in [5.74, 6) is -0.281. The standard InChI is InChI=1S/C86H157NO18/c1-3-5-7-9-11-13-15-17-19-21-23-25-27-29-31-32-33-34-35-36-38-40-42-44-46-48-50-52-54-56-58-60-62-64-74(92)87-69(70(91)63-61-59-57-55-53-51-49-47-45-43-41-39-37-30-28-26-24-22-20-18-16-14-12-10-8-6-4-2)68-100-84-80(98)77(95)82(72(66-89)102-84)105-86-81(99)78(96)83(73(67-90)103-86)104-85-79(97)76(94)75(93)71(65-88)101-85/h15,17,21,23,27,29,53,55,61,63,69-73,75-86,88-91,93-99H,3-14,16,18-20,22,24-26,28,30-52,54,56-60,62,64-68H2,1-2H3,(H,87,92)/b17-15-,23-21-,29-27-,55-53+,63-61+. The molecular weight excluding hydrogens is 1330 g/mol. The second-order valence-electron chi connectivity index (χ2n) is 30.6. The molecular formula is C86H157NO18. The fraction of sp³-hybridized carbons (Fsp3) is 0.872. The summed E-state index contributed by atoms with van der Waals surface area (Å²) in [6.07, 6.45) is 59.3. The predicted octanol–water partition coefficient (Wildman–Crippen LogP) is 15.4. The Morgan fingerprint density at radius 1 is 0.343 bits per heavy atom. The molecule has 0 spiro atoms. The van der Waals surface area contributed by atoms with Crippen molar-refractivity contribution in [1.29, 1.82) is 0 Å². The Labute approximate surface area is 636 Å². The van der Waals surface area contributed by atoms with Crippen molar-refractivity contribution in [3.8, 4) is 0 Å². The summed E-state index contributed by atoms with van der Waals surface area (Å²) in [5.41, 5.74) is 0. The topological polar surface area (TPSA) is 307 Å². The third-order valence-electron chi connectivity index (χ3n) is 21.3. The lowest BCUT2D eigenvalue weighted by molar-refractivity contribution is -0.379. The van der Waals surface area contributed by atoms with E-state index in [2.05, 4.69) is 67.8 Å². The van der Waals surface area contributed by atoms with Crippen molar-refractivity contribution in [2.45, 2.75) is 452 Å². The molecule has 17 atom stereocenters. The maximum Gasteiger partial charge on any atom is 0.220 e. The Balaban J connectivity index is 1.36. The van der Waals surface area contributed by atoms with Crippen molar-refractivity contribution >= 4 is 5.91 Å². The summed E-state index contributed by atoms with van der Waals surface area (Å²) in [4.78, 5) is 13.5. The molecule has 3 aliphatic heterocycles. The smallest absolute Gasteiger partial charge is 0.220 e. The van der Waals surface area contributed by atoms with Crippen molar-refractivity contribution in [3.05, 3.63) is 60.8 Å². The highest BCUT2D eigenvalue weighted by atomic mass is 16.8. The summed E-state index contributed by atoms with van der Waals surface area (Å²) in [6, 6.07) is -0.993. The maximum atomic E-state index is 13.5. The highest BCUT2D eigenvalue weighted by Gasteiger charge is 2.54. The van der Waals surface area contributed by atoms with E-state index in [4.69, 9.17) is 28.4 Å². The number of amides is 1. The lowest BCUT2D eigenvalue weighted by Crippen LogP contribution is -2.66. The summed E-state index contributed by atoms with van der Waals surface area (Å²) >= 11 is 0. The first-order chi connectivity index (χ1) is 51.3. The Kier molecular flexibility index (Phi) is 60.9. The van der Waals surface area contributed by atoms with E-state index in [-0.39, 0.29) is 18.9 Å². The van der Waals surface area contributed by atoms with Gasteiger partial charge in [0.1, 0.15) is 73.2 Å². The molecule has 0 aliphatic carbocycles. The Hall–Kier alpha value is -2.51. The van der Waals surface area contributed by atoms with Crippen LogP contribution >= 0.6 is 0 Å². The van der Waals surface area contributed by atoms with Crippen LogP contribution in [0.5, 0.6) is 0 Å². The zero-order valence-electron chi connectivity index (χ0n) is 66.0. The first-order valence-corrected chi connectivity index (χ1v) is 43.0. The van der Waals surface area contributed by atoms with Gasteiger partial charge in [0.15, 0.2) is 18.9 Å². The Bertz CT molecular complexity index is 2130. The third kappa shape index (κ3) is 45.6. The van der Waals surface area contributed by atoms with Crippen LogP contribution in [0.4, 0.5) is 0 Å². The van der Waals surface area contributed by atoms with Crippen LogP contribution in [-0.2, 0) is 33.2 Å². The van der Waals surface area contributed by atoms with Gasteiger partial charge in [-0.25, -0.2) is 0 Å². The van der Waals surface area contributed by atoms with E-state index in [1.54, 1.807) is 6.08 Å². The van der Waals surface area contributed by atoms with Crippen molar-refractivity contribution in [1.82, 2.24) is 5.32 Å². The van der Waals surface area contributed by atoms with Gasteiger partial charge in [-0.2, -0.15) is 0 Å². The van der Waals surface area contributed by atoms with E-state index in [0.717, 1.165) is 51.4 Å². The van der Waals surface area contributed by atoms with Gasteiger partial charge >= 0.3 is 0 Å². The van der Waals surface area contributed by atoms with Gasteiger partial charge in [-0.3, -0.25) is 4.79 Å². The summed E-state index contributed by atoms with van der Waals surface area (Å²) in [5, 5.41) is 121. The van der Waals surface area contributed by atoms with E-state index in [9.17, 15) is 61.0 Å². The molecule has 0 saturated carbocycles. The normalized spacial score (nSPS) is 26.0. The molecule has 3 saturated heterocycles. The minimum atomic E-state index is -1.98. The van der Waals surface area contributed by atoms with Crippen LogP contribution in [0.3, 0.4) is 0 Å². The highest BCUT2D eigenvalue weighted by molar-refractivity contribution is 5.76. The zero-order valence-corrected chi connectivity index (χ0v) is 66.0. The van der Waals surface area contributed by atoms with Crippen molar-refractivity contribution in [3.63, 3.8) is 0 Å². The molecule has 3 aliphatic rings. The molecule has 12 N–H and O–H groups in total. The van der Waals surface area contributed by atoms with Crippen molar-refractivity contribution < 1.29 is 89.4 Å². The molecule has 19 nitrogen and oxygen atoms in total. The van der Waals surface area contributed by atoms with E-state index >= 15 is 0 Å². The molecule has 105 heavy (non-hydrogen) atoms. The van der Waals surface area contributed by atoms with Gasteiger partial charge in [-0.05, 0) is 70.6 Å². The second-order valence-corrected chi connectivity index (χ2v) is 30.6. The predicted molar refractivity (Wildman–Crippen MR) is 420 cm³/mol. The largest absolute Gasteiger partial charge is 0.394 e. The molecule has 0 aromatic rings. The quantitative estimate of drug-likeness (QED) is 0.0199. The average Bonchev–Trinajstić information content (AvgIpc) is 0.780. The highest BCUT2D eigenvalue weighted by Crippen LogP contribution is 2.33. The lowest BCUT2D eigenvalue weighted by atomic mass is 9.96. The van der Waals surface area contributed by atoms with Gasteiger partial charge in [-0.1, -0.05) is 331 Å². The van der Waals surface area contributed by atoms with Crippen LogP contribution in [0.25, 0.3) is 0 Å². The Morgan fingerprint density at radius 2 is 0.638 bits per heavy atom. The number of unbranched alkanes of at least 4 members (excludes halogenated alkanes) is 45. The molecule has 0 aromatic carbocycles.